The van der Waals surface area contributed by atoms with Crippen LogP contribution in [-0.4, -0.2) is 74.8 Å². The summed E-state index contributed by atoms with van der Waals surface area (Å²) in [5.74, 6) is 3.01. The van der Waals surface area contributed by atoms with Gasteiger partial charge >= 0.3 is 0 Å². The highest BCUT2D eigenvalue weighted by Crippen LogP contribution is 2.35. The summed E-state index contributed by atoms with van der Waals surface area (Å²) in [5.41, 5.74) is 0. The topological polar surface area (TPSA) is 40.1 Å². The third kappa shape index (κ3) is 5.09. The molecule has 1 N–H and O–H groups in total. The molecule has 2 unspecified atom stereocenters. The van der Waals surface area contributed by atoms with E-state index >= 15 is 0 Å². The summed E-state index contributed by atoms with van der Waals surface area (Å²) in [7, 11) is 0. The molecule has 0 spiro atoms. The molecule has 0 aromatic rings. The quantitative estimate of drug-likeness (QED) is 0.458. The third-order valence-electron chi connectivity index (χ3n) is 5.86. The van der Waals surface area contributed by atoms with Gasteiger partial charge in [-0.2, -0.15) is 0 Å². The van der Waals surface area contributed by atoms with Crippen molar-refractivity contribution in [2.24, 2.45) is 16.8 Å². The van der Waals surface area contributed by atoms with Gasteiger partial charge in [0.25, 0.3) is 0 Å². The maximum atomic E-state index is 5.41. The highest BCUT2D eigenvalue weighted by atomic mass is 16.5. The van der Waals surface area contributed by atoms with Gasteiger partial charge in [-0.3, -0.25) is 9.89 Å². The Morgan fingerprint density at radius 1 is 1.08 bits per heavy atom. The van der Waals surface area contributed by atoms with Crippen molar-refractivity contribution in [3.63, 3.8) is 0 Å². The van der Waals surface area contributed by atoms with E-state index in [1.807, 2.05) is 0 Å². The summed E-state index contributed by atoms with van der Waals surface area (Å²) in [4.78, 5) is 9.98. The fraction of sp³-hybridized carbons (Fsp3) is 0.947. The van der Waals surface area contributed by atoms with E-state index in [1.165, 1.54) is 64.1 Å². The molecule has 0 aromatic heterocycles. The zero-order valence-electron chi connectivity index (χ0n) is 15.5. The minimum Gasteiger partial charge on any atom is -0.379 e. The SMILES string of the molecule is CCNC(=NCCCCN1CCOCC1)N1CC2CCCCC2C1. The largest absolute Gasteiger partial charge is 0.379 e. The van der Waals surface area contributed by atoms with Crippen molar-refractivity contribution >= 4 is 5.96 Å². The number of guanidine groups is 1. The molecule has 2 atom stereocenters. The standard InChI is InChI=1S/C19H36N4O/c1-2-20-19(23-15-17-7-3-4-8-18(17)16-23)21-9-5-6-10-22-11-13-24-14-12-22/h17-18H,2-16H2,1H3,(H,20,21). The van der Waals surface area contributed by atoms with Crippen LogP contribution in [0.5, 0.6) is 0 Å². The number of nitrogens with one attached hydrogen (secondary N) is 1. The lowest BCUT2D eigenvalue weighted by Gasteiger charge is -2.26. The first kappa shape index (κ1) is 18.0. The summed E-state index contributed by atoms with van der Waals surface area (Å²) in [5, 5.41) is 3.52. The molecular formula is C19H36N4O. The Hall–Kier alpha value is -0.810. The van der Waals surface area contributed by atoms with Crippen molar-refractivity contribution in [3.05, 3.63) is 0 Å². The molecule has 2 saturated heterocycles. The van der Waals surface area contributed by atoms with Gasteiger partial charge in [-0.15, -0.1) is 0 Å². The first-order chi connectivity index (χ1) is 11.9. The van der Waals surface area contributed by atoms with Crippen molar-refractivity contribution in [3.8, 4) is 0 Å². The number of hydrogen-bond acceptors (Lipinski definition) is 3. The van der Waals surface area contributed by atoms with Crippen molar-refractivity contribution in [2.75, 3.05) is 59.0 Å². The molecule has 0 amide bonds. The smallest absolute Gasteiger partial charge is 0.193 e. The molecule has 1 aliphatic carbocycles. The molecule has 2 aliphatic heterocycles. The van der Waals surface area contributed by atoms with Crippen LogP contribution < -0.4 is 5.32 Å². The van der Waals surface area contributed by atoms with Crippen LogP contribution in [0.4, 0.5) is 0 Å². The van der Waals surface area contributed by atoms with Crippen molar-refractivity contribution in [2.45, 2.75) is 45.4 Å². The molecule has 3 fully saturated rings. The van der Waals surface area contributed by atoms with Gasteiger partial charge < -0.3 is 15.0 Å². The number of fused-ring (bicyclic) bond motifs is 1. The predicted molar refractivity (Wildman–Crippen MR) is 99.5 cm³/mol. The van der Waals surface area contributed by atoms with E-state index in [4.69, 9.17) is 9.73 Å². The Bertz CT molecular complexity index is 381. The average molecular weight is 337 g/mol. The minimum absolute atomic E-state index is 0.903. The lowest BCUT2D eigenvalue weighted by atomic mass is 9.82. The Morgan fingerprint density at radius 2 is 1.79 bits per heavy atom. The Morgan fingerprint density at radius 3 is 2.46 bits per heavy atom. The van der Waals surface area contributed by atoms with E-state index in [0.717, 1.165) is 51.2 Å². The Labute approximate surface area is 147 Å². The molecule has 24 heavy (non-hydrogen) atoms. The molecule has 0 aromatic carbocycles. The number of rotatable bonds is 6. The van der Waals surface area contributed by atoms with Crippen LogP contribution in [0.25, 0.3) is 0 Å². The summed E-state index contributed by atoms with van der Waals surface area (Å²) >= 11 is 0. The molecule has 0 radical (unpaired) electrons. The fourth-order valence-corrected chi connectivity index (χ4v) is 4.46. The number of nitrogens with zero attached hydrogens (tertiary/aromatic N) is 3. The van der Waals surface area contributed by atoms with Crippen LogP contribution >= 0.6 is 0 Å². The van der Waals surface area contributed by atoms with Gasteiger partial charge in [0.1, 0.15) is 0 Å². The number of unbranched alkanes of at least 4 members (excludes halogenated alkanes) is 1. The molecule has 3 aliphatic rings. The van der Waals surface area contributed by atoms with E-state index in [2.05, 4.69) is 22.0 Å². The monoisotopic (exact) mass is 336 g/mol. The number of morpholine rings is 1. The van der Waals surface area contributed by atoms with Gasteiger partial charge in [0.05, 0.1) is 13.2 Å². The van der Waals surface area contributed by atoms with E-state index < -0.39 is 0 Å². The predicted octanol–water partition coefficient (Wildman–Crippen LogP) is 2.19. The number of aliphatic imine (C=N–C) groups is 1. The van der Waals surface area contributed by atoms with Gasteiger partial charge in [0.15, 0.2) is 5.96 Å². The molecule has 3 rings (SSSR count). The minimum atomic E-state index is 0.903. The van der Waals surface area contributed by atoms with E-state index in [0.29, 0.717) is 0 Å². The van der Waals surface area contributed by atoms with Crippen LogP contribution in [-0.2, 0) is 4.74 Å². The van der Waals surface area contributed by atoms with Crippen molar-refractivity contribution < 1.29 is 4.74 Å². The number of hydrogen-bond donors (Lipinski definition) is 1. The normalized spacial score (nSPS) is 28.9. The molecular weight excluding hydrogens is 300 g/mol. The fourth-order valence-electron chi connectivity index (χ4n) is 4.46. The van der Waals surface area contributed by atoms with Gasteiger partial charge in [0, 0.05) is 39.3 Å². The van der Waals surface area contributed by atoms with E-state index in [-0.39, 0.29) is 0 Å². The second-order valence-electron chi connectivity index (χ2n) is 7.61. The maximum Gasteiger partial charge on any atom is 0.193 e. The first-order valence-corrected chi connectivity index (χ1v) is 10.2. The van der Waals surface area contributed by atoms with Gasteiger partial charge in [0.2, 0.25) is 0 Å². The highest BCUT2D eigenvalue weighted by Gasteiger charge is 2.35. The number of ether oxygens (including phenoxy) is 1. The Balaban J connectivity index is 1.40. The molecule has 2 heterocycles. The summed E-state index contributed by atoms with van der Waals surface area (Å²) in [6.45, 7) is 11.8. The van der Waals surface area contributed by atoms with Crippen molar-refractivity contribution in [1.82, 2.24) is 15.1 Å². The van der Waals surface area contributed by atoms with Crippen LogP contribution in [0.2, 0.25) is 0 Å². The van der Waals surface area contributed by atoms with Crippen LogP contribution in [0, 0.1) is 11.8 Å². The van der Waals surface area contributed by atoms with Gasteiger partial charge in [-0.1, -0.05) is 12.8 Å². The van der Waals surface area contributed by atoms with Gasteiger partial charge in [-0.05, 0) is 51.0 Å². The molecule has 5 nitrogen and oxygen atoms in total. The average Bonchev–Trinajstić information content (AvgIpc) is 3.05. The van der Waals surface area contributed by atoms with Crippen LogP contribution in [0.1, 0.15) is 45.4 Å². The zero-order chi connectivity index (χ0) is 16.6. The third-order valence-corrected chi connectivity index (χ3v) is 5.86. The molecule has 138 valence electrons. The van der Waals surface area contributed by atoms with Gasteiger partial charge in [-0.25, -0.2) is 0 Å². The van der Waals surface area contributed by atoms with Crippen LogP contribution in [0.15, 0.2) is 4.99 Å². The van der Waals surface area contributed by atoms with Crippen molar-refractivity contribution in [1.29, 1.82) is 0 Å². The van der Waals surface area contributed by atoms with Crippen LogP contribution in [0.3, 0.4) is 0 Å². The summed E-state index contributed by atoms with van der Waals surface area (Å²) in [6.07, 6.45) is 8.16. The van der Waals surface area contributed by atoms with E-state index in [1.54, 1.807) is 0 Å². The second-order valence-corrected chi connectivity index (χ2v) is 7.61. The highest BCUT2D eigenvalue weighted by molar-refractivity contribution is 5.80. The molecule has 5 heteroatoms. The lowest BCUT2D eigenvalue weighted by Crippen LogP contribution is -2.40. The molecule has 1 saturated carbocycles. The maximum absolute atomic E-state index is 5.41. The molecule has 0 bridgehead atoms. The Kier molecular flexibility index (Phi) is 7.21. The number of likely N-dealkylation sites (tertiary alicyclic amines) is 1. The summed E-state index contributed by atoms with van der Waals surface area (Å²) < 4.78 is 5.41. The van der Waals surface area contributed by atoms with E-state index in [9.17, 15) is 0 Å². The summed E-state index contributed by atoms with van der Waals surface area (Å²) in [6, 6.07) is 0. The lowest BCUT2D eigenvalue weighted by molar-refractivity contribution is 0.0373. The second kappa shape index (κ2) is 9.62. The zero-order valence-corrected chi connectivity index (χ0v) is 15.5. The first-order valence-electron chi connectivity index (χ1n) is 10.2.